The first-order chi connectivity index (χ1) is 8.51. The third-order valence-electron chi connectivity index (χ3n) is 4.23. The highest BCUT2D eigenvalue weighted by atomic mass is 16.6. The molecule has 3 unspecified atom stereocenters. The van der Waals surface area contributed by atoms with Crippen LogP contribution in [0.3, 0.4) is 0 Å². The fourth-order valence-electron chi connectivity index (χ4n) is 3.22. The molecule has 106 valence electrons. The van der Waals surface area contributed by atoms with Crippen molar-refractivity contribution < 1.29 is 9.53 Å². The van der Waals surface area contributed by atoms with Gasteiger partial charge >= 0.3 is 6.09 Å². The van der Waals surface area contributed by atoms with Crippen LogP contribution in [0.1, 0.15) is 53.9 Å². The molecular formula is C15H29NO2. The standard InChI is InChI=1S/C15H29NO2/c1-6-16(15(17)18-7-2)14-10-12(5)8-9-13(14)11(3)4/h11-14H,6-10H2,1-5H3. The molecule has 3 heteroatoms. The van der Waals surface area contributed by atoms with Gasteiger partial charge in [-0.2, -0.15) is 0 Å². The van der Waals surface area contributed by atoms with Crippen LogP contribution in [0, 0.1) is 17.8 Å². The molecule has 3 atom stereocenters. The Hall–Kier alpha value is -0.730. The minimum atomic E-state index is -0.134. The second-order valence-electron chi connectivity index (χ2n) is 5.88. The lowest BCUT2D eigenvalue weighted by atomic mass is 9.73. The number of hydrogen-bond acceptors (Lipinski definition) is 2. The Kier molecular flexibility index (Phi) is 5.97. The van der Waals surface area contributed by atoms with Crippen molar-refractivity contribution in [3.63, 3.8) is 0 Å². The number of nitrogens with zero attached hydrogens (tertiary/aromatic N) is 1. The van der Waals surface area contributed by atoms with E-state index in [0.29, 0.717) is 30.4 Å². The highest BCUT2D eigenvalue weighted by molar-refractivity contribution is 5.68. The zero-order chi connectivity index (χ0) is 13.7. The highest BCUT2D eigenvalue weighted by Gasteiger charge is 2.36. The summed E-state index contributed by atoms with van der Waals surface area (Å²) in [6, 6.07) is 0.359. The average Bonchev–Trinajstić information content (AvgIpc) is 2.30. The molecule has 0 aromatic rings. The van der Waals surface area contributed by atoms with Crippen molar-refractivity contribution in [2.45, 2.75) is 59.9 Å². The van der Waals surface area contributed by atoms with E-state index in [9.17, 15) is 4.79 Å². The number of ether oxygens (including phenoxy) is 1. The first kappa shape index (κ1) is 15.3. The number of carbonyl (C=O) groups is 1. The third kappa shape index (κ3) is 3.63. The van der Waals surface area contributed by atoms with Gasteiger partial charge in [0.2, 0.25) is 0 Å². The van der Waals surface area contributed by atoms with Gasteiger partial charge in [0.1, 0.15) is 0 Å². The van der Waals surface area contributed by atoms with Crippen LogP contribution < -0.4 is 0 Å². The molecule has 0 aromatic carbocycles. The molecule has 0 N–H and O–H groups in total. The topological polar surface area (TPSA) is 29.5 Å². The van der Waals surface area contributed by atoms with Gasteiger partial charge in [-0.3, -0.25) is 0 Å². The van der Waals surface area contributed by atoms with Crippen molar-refractivity contribution in [3.8, 4) is 0 Å². The molecule has 1 rings (SSSR count). The van der Waals surface area contributed by atoms with Crippen molar-refractivity contribution in [3.05, 3.63) is 0 Å². The monoisotopic (exact) mass is 255 g/mol. The largest absolute Gasteiger partial charge is 0.450 e. The zero-order valence-electron chi connectivity index (χ0n) is 12.6. The minimum Gasteiger partial charge on any atom is -0.450 e. The molecule has 1 fully saturated rings. The summed E-state index contributed by atoms with van der Waals surface area (Å²) in [6.45, 7) is 12.0. The molecule has 0 spiro atoms. The van der Waals surface area contributed by atoms with Crippen LogP contribution in [0.4, 0.5) is 4.79 Å². The van der Waals surface area contributed by atoms with Gasteiger partial charge in [0.25, 0.3) is 0 Å². The molecule has 0 radical (unpaired) electrons. The lowest BCUT2D eigenvalue weighted by Gasteiger charge is -2.43. The van der Waals surface area contributed by atoms with Gasteiger partial charge < -0.3 is 9.64 Å². The van der Waals surface area contributed by atoms with Crippen LogP contribution in [-0.2, 0) is 4.74 Å². The minimum absolute atomic E-state index is 0.134. The smallest absolute Gasteiger partial charge is 0.409 e. The summed E-state index contributed by atoms with van der Waals surface area (Å²) in [7, 11) is 0. The molecule has 1 aliphatic rings. The van der Waals surface area contributed by atoms with Crippen molar-refractivity contribution in [2.75, 3.05) is 13.2 Å². The van der Waals surface area contributed by atoms with Gasteiger partial charge in [-0.15, -0.1) is 0 Å². The summed E-state index contributed by atoms with van der Waals surface area (Å²) in [5, 5.41) is 0. The maximum absolute atomic E-state index is 12.1. The van der Waals surface area contributed by atoms with E-state index in [1.54, 1.807) is 0 Å². The molecule has 3 nitrogen and oxygen atoms in total. The van der Waals surface area contributed by atoms with Crippen LogP contribution in [0.5, 0.6) is 0 Å². The first-order valence-corrected chi connectivity index (χ1v) is 7.44. The molecule has 1 amide bonds. The van der Waals surface area contributed by atoms with E-state index < -0.39 is 0 Å². The van der Waals surface area contributed by atoms with Gasteiger partial charge in [-0.25, -0.2) is 4.79 Å². The predicted octanol–water partition coefficient (Wildman–Crippen LogP) is 3.93. The van der Waals surface area contributed by atoms with Crippen LogP contribution >= 0.6 is 0 Å². The molecule has 0 saturated heterocycles. The van der Waals surface area contributed by atoms with Crippen LogP contribution in [0.2, 0.25) is 0 Å². The zero-order valence-corrected chi connectivity index (χ0v) is 12.6. The Morgan fingerprint density at radius 2 is 2.00 bits per heavy atom. The highest BCUT2D eigenvalue weighted by Crippen LogP contribution is 2.36. The average molecular weight is 255 g/mol. The van der Waals surface area contributed by atoms with E-state index in [1.807, 2.05) is 18.7 Å². The molecule has 18 heavy (non-hydrogen) atoms. The lowest BCUT2D eigenvalue weighted by Crippen LogP contribution is -2.48. The first-order valence-electron chi connectivity index (χ1n) is 7.44. The molecular weight excluding hydrogens is 226 g/mol. The third-order valence-corrected chi connectivity index (χ3v) is 4.23. The molecule has 0 aliphatic heterocycles. The van der Waals surface area contributed by atoms with Crippen molar-refractivity contribution in [1.29, 1.82) is 0 Å². The molecule has 0 bridgehead atoms. The summed E-state index contributed by atoms with van der Waals surface area (Å²) in [5.74, 6) is 1.96. The van der Waals surface area contributed by atoms with Gasteiger partial charge in [-0.05, 0) is 44.4 Å². The molecule has 0 heterocycles. The lowest BCUT2D eigenvalue weighted by molar-refractivity contribution is 0.0431. The Bertz CT molecular complexity index is 265. The van der Waals surface area contributed by atoms with E-state index in [0.717, 1.165) is 13.0 Å². The van der Waals surface area contributed by atoms with E-state index >= 15 is 0 Å². The van der Waals surface area contributed by atoms with E-state index in [-0.39, 0.29) is 6.09 Å². The Balaban J connectivity index is 2.80. The van der Waals surface area contributed by atoms with Crippen LogP contribution in [-0.4, -0.2) is 30.2 Å². The summed E-state index contributed by atoms with van der Waals surface area (Å²) in [6.07, 6.45) is 3.51. The Morgan fingerprint density at radius 3 is 2.50 bits per heavy atom. The van der Waals surface area contributed by atoms with Crippen molar-refractivity contribution in [1.82, 2.24) is 4.90 Å². The van der Waals surface area contributed by atoms with Crippen LogP contribution in [0.25, 0.3) is 0 Å². The van der Waals surface area contributed by atoms with E-state index in [4.69, 9.17) is 4.74 Å². The van der Waals surface area contributed by atoms with E-state index in [2.05, 4.69) is 20.8 Å². The SMILES string of the molecule is CCOC(=O)N(CC)C1CC(C)CCC1C(C)C. The molecule has 1 aliphatic carbocycles. The normalized spacial score (nSPS) is 28.2. The maximum atomic E-state index is 12.1. The van der Waals surface area contributed by atoms with Crippen molar-refractivity contribution in [2.24, 2.45) is 17.8 Å². The Labute approximate surface area is 112 Å². The maximum Gasteiger partial charge on any atom is 0.409 e. The van der Waals surface area contributed by atoms with Gasteiger partial charge in [0, 0.05) is 12.6 Å². The number of carbonyl (C=O) groups excluding carboxylic acids is 1. The van der Waals surface area contributed by atoms with E-state index in [1.165, 1.54) is 12.8 Å². The Morgan fingerprint density at radius 1 is 1.33 bits per heavy atom. The van der Waals surface area contributed by atoms with Crippen LogP contribution in [0.15, 0.2) is 0 Å². The number of rotatable bonds is 4. The predicted molar refractivity (Wildman–Crippen MR) is 74.5 cm³/mol. The summed E-state index contributed by atoms with van der Waals surface area (Å²) >= 11 is 0. The van der Waals surface area contributed by atoms with Gasteiger partial charge in [0.15, 0.2) is 0 Å². The fourth-order valence-corrected chi connectivity index (χ4v) is 3.22. The van der Waals surface area contributed by atoms with Gasteiger partial charge in [0.05, 0.1) is 6.61 Å². The molecule has 0 aromatic heterocycles. The number of hydrogen-bond donors (Lipinski definition) is 0. The number of amides is 1. The summed E-state index contributed by atoms with van der Waals surface area (Å²) in [5.41, 5.74) is 0. The second kappa shape index (κ2) is 7.01. The quantitative estimate of drug-likeness (QED) is 0.762. The fraction of sp³-hybridized carbons (Fsp3) is 0.933. The van der Waals surface area contributed by atoms with Gasteiger partial charge in [-0.1, -0.05) is 27.2 Å². The second-order valence-corrected chi connectivity index (χ2v) is 5.88. The molecule has 1 saturated carbocycles. The summed E-state index contributed by atoms with van der Waals surface area (Å²) in [4.78, 5) is 14.0. The summed E-state index contributed by atoms with van der Waals surface area (Å²) < 4.78 is 5.20. The van der Waals surface area contributed by atoms with Crippen molar-refractivity contribution >= 4 is 6.09 Å².